The minimum absolute atomic E-state index is 0.289. The largest absolute Gasteiger partial charge is 0.463 e. The second-order valence-electron chi connectivity index (χ2n) is 6.97. The monoisotopic (exact) mass is 354 g/mol. The van der Waals surface area contributed by atoms with Gasteiger partial charge >= 0.3 is 5.97 Å². The van der Waals surface area contributed by atoms with Crippen molar-refractivity contribution in [3.63, 3.8) is 0 Å². The summed E-state index contributed by atoms with van der Waals surface area (Å²) < 4.78 is 10.3. The van der Waals surface area contributed by atoms with Crippen molar-refractivity contribution in [3.8, 4) is 0 Å². The van der Waals surface area contributed by atoms with E-state index in [-0.39, 0.29) is 12.6 Å². The fourth-order valence-corrected chi connectivity index (χ4v) is 2.89. The molecule has 0 radical (unpaired) electrons. The van der Waals surface area contributed by atoms with Crippen LogP contribution >= 0.6 is 0 Å². The molecule has 0 rings (SSSR count). The second kappa shape index (κ2) is 19.5. The molecular weight excluding hydrogens is 312 g/mol. The topological polar surface area (TPSA) is 35.5 Å². The van der Waals surface area contributed by atoms with E-state index in [2.05, 4.69) is 13.5 Å². The molecule has 0 aromatic carbocycles. The third kappa shape index (κ3) is 17.8. The summed E-state index contributed by atoms with van der Waals surface area (Å²) in [6.07, 6.45) is 19.0. The van der Waals surface area contributed by atoms with Crippen LogP contribution in [-0.2, 0) is 14.3 Å². The summed E-state index contributed by atoms with van der Waals surface area (Å²) in [5, 5.41) is 0. The lowest BCUT2D eigenvalue weighted by molar-refractivity contribution is -0.139. The van der Waals surface area contributed by atoms with Gasteiger partial charge in [-0.15, -0.1) is 0 Å². The van der Waals surface area contributed by atoms with Crippen LogP contribution in [0.2, 0.25) is 0 Å². The highest BCUT2D eigenvalue weighted by molar-refractivity contribution is 5.87. The van der Waals surface area contributed by atoms with Crippen LogP contribution in [0.1, 0.15) is 104 Å². The molecule has 0 spiro atoms. The van der Waals surface area contributed by atoms with Gasteiger partial charge in [-0.2, -0.15) is 0 Å². The van der Waals surface area contributed by atoms with Gasteiger partial charge in [0.25, 0.3) is 0 Å². The van der Waals surface area contributed by atoms with Crippen LogP contribution in [0.3, 0.4) is 0 Å². The van der Waals surface area contributed by atoms with Crippen molar-refractivity contribution in [2.45, 2.75) is 104 Å². The number of hydrogen-bond donors (Lipinski definition) is 0. The first kappa shape index (κ1) is 24.2. The van der Waals surface area contributed by atoms with Crippen LogP contribution in [-0.4, -0.2) is 25.8 Å². The van der Waals surface area contributed by atoms with Gasteiger partial charge in [-0.25, -0.2) is 4.79 Å². The van der Waals surface area contributed by atoms with Gasteiger partial charge in [-0.05, 0) is 13.3 Å². The van der Waals surface area contributed by atoms with E-state index < -0.39 is 0 Å². The zero-order valence-electron chi connectivity index (χ0n) is 17.0. The molecule has 3 heteroatoms. The molecule has 148 valence electrons. The second-order valence-corrected chi connectivity index (χ2v) is 6.97. The third-order valence-corrected chi connectivity index (χ3v) is 4.48. The lowest BCUT2D eigenvalue weighted by atomic mass is 10.0. The lowest BCUT2D eigenvalue weighted by Gasteiger charge is -2.07. The Labute approximate surface area is 156 Å². The van der Waals surface area contributed by atoms with Crippen molar-refractivity contribution < 1.29 is 14.3 Å². The molecule has 0 heterocycles. The van der Waals surface area contributed by atoms with E-state index in [1.54, 1.807) is 6.92 Å². The average molecular weight is 355 g/mol. The Kier molecular flexibility index (Phi) is 18.8. The molecule has 0 saturated heterocycles. The van der Waals surface area contributed by atoms with Gasteiger partial charge < -0.3 is 9.47 Å². The summed E-state index contributed by atoms with van der Waals surface area (Å²) in [6, 6.07) is 0. The fraction of sp³-hybridized carbons (Fsp3) is 0.864. The zero-order chi connectivity index (χ0) is 18.6. The Hall–Kier alpha value is -0.830. The van der Waals surface area contributed by atoms with Gasteiger partial charge in [0, 0.05) is 6.61 Å². The Morgan fingerprint density at radius 3 is 1.60 bits per heavy atom. The predicted octanol–water partition coefficient (Wildman–Crippen LogP) is 6.60. The van der Waals surface area contributed by atoms with E-state index in [1.807, 2.05) is 0 Å². The molecule has 0 bridgehead atoms. The third-order valence-electron chi connectivity index (χ3n) is 4.48. The molecule has 0 atom stereocenters. The van der Waals surface area contributed by atoms with Gasteiger partial charge in [0.1, 0.15) is 0 Å². The fourth-order valence-electron chi connectivity index (χ4n) is 2.89. The Bertz CT molecular complexity index is 312. The number of carbonyl (C=O) groups excluding carboxylic acids is 1. The van der Waals surface area contributed by atoms with E-state index in [4.69, 9.17) is 9.47 Å². The zero-order valence-corrected chi connectivity index (χ0v) is 17.0. The summed E-state index contributed by atoms with van der Waals surface area (Å²) >= 11 is 0. The number of ether oxygens (including phenoxy) is 2. The normalized spacial score (nSPS) is 10.8. The van der Waals surface area contributed by atoms with E-state index in [1.165, 1.54) is 83.5 Å². The molecule has 0 unspecified atom stereocenters. The minimum Gasteiger partial charge on any atom is -0.463 e. The maximum absolute atomic E-state index is 11.3. The molecule has 25 heavy (non-hydrogen) atoms. The summed E-state index contributed by atoms with van der Waals surface area (Å²) in [5.74, 6) is -0.344. The maximum atomic E-state index is 11.3. The van der Waals surface area contributed by atoms with Crippen LogP contribution in [0.4, 0.5) is 0 Å². The average Bonchev–Trinajstić information content (AvgIpc) is 2.61. The number of esters is 1. The molecule has 3 nitrogen and oxygen atoms in total. The lowest BCUT2D eigenvalue weighted by Crippen LogP contribution is -2.12. The van der Waals surface area contributed by atoms with Gasteiger partial charge in [0.2, 0.25) is 0 Å². The maximum Gasteiger partial charge on any atom is 0.335 e. The summed E-state index contributed by atoms with van der Waals surface area (Å²) in [6.45, 7) is 9.13. The van der Waals surface area contributed by atoms with E-state index >= 15 is 0 Å². The molecule has 0 aromatic heterocycles. The van der Waals surface area contributed by atoms with Crippen LogP contribution in [0, 0.1) is 0 Å². The standard InChI is InChI=1S/C22H42O3/c1-4-6-7-8-9-10-11-12-13-14-15-16-17-18-19-24-20-21(3)22(23)25-5-2/h3-20H2,1-2H3. The quantitative estimate of drug-likeness (QED) is 0.149. The highest BCUT2D eigenvalue weighted by Gasteiger charge is 2.06. The Morgan fingerprint density at radius 1 is 0.720 bits per heavy atom. The molecule has 0 aliphatic heterocycles. The van der Waals surface area contributed by atoms with E-state index in [9.17, 15) is 4.79 Å². The molecule has 0 N–H and O–H groups in total. The smallest absolute Gasteiger partial charge is 0.335 e. The van der Waals surface area contributed by atoms with Crippen molar-refractivity contribution in [2.75, 3.05) is 19.8 Å². The first-order valence-electron chi connectivity index (χ1n) is 10.6. The van der Waals surface area contributed by atoms with Crippen molar-refractivity contribution >= 4 is 5.97 Å². The first-order chi connectivity index (χ1) is 12.2. The number of hydrogen-bond acceptors (Lipinski definition) is 3. The van der Waals surface area contributed by atoms with Gasteiger partial charge in [-0.3, -0.25) is 0 Å². The Balaban J connectivity index is 3.14. The summed E-state index contributed by atoms with van der Waals surface area (Å²) in [5.41, 5.74) is 0.409. The Morgan fingerprint density at radius 2 is 1.16 bits per heavy atom. The van der Waals surface area contributed by atoms with Crippen LogP contribution in [0.5, 0.6) is 0 Å². The van der Waals surface area contributed by atoms with E-state index in [0.29, 0.717) is 18.8 Å². The van der Waals surface area contributed by atoms with Crippen molar-refractivity contribution in [2.24, 2.45) is 0 Å². The van der Waals surface area contributed by atoms with Crippen LogP contribution < -0.4 is 0 Å². The highest BCUT2D eigenvalue weighted by Crippen LogP contribution is 2.13. The number of rotatable bonds is 19. The van der Waals surface area contributed by atoms with Crippen molar-refractivity contribution in [1.29, 1.82) is 0 Å². The SMILES string of the molecule is C=C(COCCCCCCCCCCCCCCCC)C(=O)OCC. The highest BCUT2D eigenvalue weighted by atomic mass is 16.5. The van der Waals surface area contributed by atoms with Gasteiger partial charge in [0.05, 0.1) is 18.8 Å². The van der Waals surface area contributed by atoms with E-state index in [0.717, 1.165) is 6.42 Å². The van der Waals surface area contributed by atoms with Crippen molar-refractivity contribution in [1.82, 2.24) is 0 Å². The van der Waals surface area contributed by atoms with Crippen LogP contribution in [0.25, 0.3) is 0 Å². The summed E-state index contributed by atoms with van der Waals surface area (Å²) in [7, 11) is 0. The number of carbonyl (C=O) groups is 1. The first-order valence-corrected chi connectivity index (χ1v) is 10.6. The molecule has 0 saturated carbocycles. The molecule has 0 amide bonds. The predicted molar refractivity (Wildman–Crippen MR) is 107 cm³/mol. The van der Waals surface area contributed by atoms with Crippen molar-refractivity contribution in [3.05, 3.63) is 12.2 Å². The molecule has 0 fully saturated rings. The molecule has 0 aliphatic carbocycles. The summed E-state index contributed by atoms with van der Waals surface area (Å²) in [4.78, 5) is 11.3. The van der Waals surface area contributed by atoms with Gasteiger partial charge in [0.15, 0.2) is 0 Å². The van der Waals surface area contributed by atoms with Crippen LogP contribution in [0.15, 0.2) is 12.2 Å². The molecular formula is C22H42O3. The number of unbranched alkanes of at least 4 members (excludes halogenated alkanes) is 13. The molecule has 0 aliphatic rings. The minimum atomic E-state index is -0.344. The van der Waals surface area contributed by atoms with Gasteiger partial charge in [-0.1, -0.05) is 97.0 Å². The molecule has 0 aromatic rings.